The second kappa shape index (κ2) is 5.75. The fourth-order valence-electron chi connectivity index (χ4n) is 2.89. The highest BCUT2D eigenvalue weighted by atomic mass is 32.1. The van der Waals surface area contributed by atoms with Gasteiger partial charge in [-0.05, 0) is 11.4 Å². The van der Waals surface area contributed by atoms with Crippen LogP contribution in [-0.2, 0) is 26.6 Å². The Labute approximate surface area is 137 Å². The molecule has 3 aromatic heterocycles. The Morgan fingerprint density at radius 1 is 1.43 bits per heavy atom. The van der Waals surface area contributed by atoms with Crippen molar-refractivity contribution in [3.05, 3.63) is 57.3 Å². The van der Waals surface area contributed by atoms with Crippen molar-refractivity contribution in [2.24, 2.45) is 7.05 Å². The molecule has 0 amide bonds. The van der Waals surface area contributed by atoms with Crippen LogP contribution in [0.4, 0.5) is 0 Å². The molecule has 7 heteroatoms. The summed E-state index contributed by atoms with van der Waals surface area (Å²) in [5.74, 6) is 1.69. The number of aromatic nitrogens is 4. The summed E-state index contributed by atoms with van der Waals surface area (Å²) in [6.45, 7) is 2.25. The van der Waals surface area contributed by atoms with Crippen molar-refractivity contribution in [1.82, 2.24) is 24.4 Å². The van der Waals surface area contributed by atoms with Gasteiger partial charge in [0.25, 0.3) is 5.56 Å². The number of hydrogen-bond acceptors (Lipinski definition) is 5. The van der Waals surface area contributed by atoms with Gasteiger partial charge < -0.3 is 9.55 Å². The van der Waals surface area contributed by atoms with Crippen LogP contribution in [0.2, 0.25) is 0 Å². The summed E-state index contributed by atoms with van der Waals surface area (Å²) in [6.07, 6.45) is 4.53. The van der Waals surface area contributed by atoms with E-state index in [0.717, 1.165) is 41.5 Å². The molecule has 1 aliphatic rings. The van der Waals surface area contributed by atoms with Crippen LogP contribution >= 0.6 is 11.3 Å². The van der Waals surface area contributed by atoms with E-state index >= 15 is 0 Å². The molecule has 3 aromatic rings. The molecular formula is C16H17N5OS. The molecule has 0 saturated carbocycles. The number of rotatable bonds is 3. The van der Waals surface area contributed by atoms with Crippen LogP contribution in [-0.4, -0.2) is 31.0 Å². The molecule has 23 heavy (non-hydrogen) atoms. The Morgan fingerprint density at radius 2 is 2.35 bits per heavy atom. The molecule has 0 aliphatic carbocycles. The zero-order valence-electron chi connectivity index (χ0n) is 12.8. The van der Waals surface area contributed by atoms with Gasteiger partial charge in [-0.15, -0.1) is 11.3 Å². The van der Waals surface area contributed by atoms with E-state index in [4.69, 9.17) is 0 Å². The van der Waals surface area contributed by atoms with E-state index in [0.29, 0.717) is 12.4 Å². The van der Waals surface area contributed by atoms with Crippen LogP contribution < -0.4 is 5.56 Å². The van der Waals surface area contributed by atoms with Crippen molar-refractivity contribution in [2.45, 2.75) is 19.5 Å². The maximum Gasteiger partial charge on any atom is 0.255 e. The van der Waals surface area contributed by atoms with Crippen molar-refractivity contribution in [3.63, 3.8) is 0 Å². The minimum Gasteiger partial charge on any atom is -0.337 e. The van der Waals surface area contributed by atoms with Crippen LogP contribution in [0.5, 0.6) is 0 Å². The van der Waals surface area contributed by atoms with Gasteiger partial charge in [-0.3, -0.25) is 9.69 Å². The minimum absolute atomic E-state index is 0.0251. The van der Waals surface area contributed by atoms with Crippen molar-refractivity contribution >= 4 is 11.3 Å². The highest BCUT2D eigenvalue weighted by molar-refractivity contribution is 7.13. The first-order chi connectivity index (χ1) is 11.2. The number of thiophene rings is 1. The van der Waals surface area contributed by atoms with Crippen molar-refractivity contribution < 1.29 is 0 Å². The smallest absolute Gasteiger partial charge is 0.255 e. The molecule has 1 aliphatic heterocycles. The Balaban J connectivity index is 1.60. The predicted molar refractivity (Wildman–Crippen MR) is 89.2 cm³/mol. The standard InChI is InChI=1S/C16H17N5OS/c1-20-7-5-17-14(20)10-21-6-4-12-11(9-21)16(22)19-15(18-12)13-3-2-8-23-13/h2-3,5,7-8H,4,6,9-10H2,1H3,(H,18,19,22). The normalized spacial score (nSPS) is 14.8. The number of imidazole rings is 1. The summed E-state index contributed by atoms with van der Waals surface area (Å²) in [5.41, 5.74) is 1.68. The van der Waals surface area contributed by atoms with Gasteiger partial charge in [-0.2, -0.15) is 0 Å². The summed E-state index contributed by atoms with van der Waals surface area (Å²) in [7, 11) is 1.99. The van der Waals surface area contributed by atoms with Gasteiger partial charge in [0.2, 0.25) is 0 Å². The lowest BCUT2D eigenvalue weighted by Gasteiger charge is -2.27. The highest BCUT2D eigenvalue weighted by Gasteiger charge is 2.22. The van der Waals surface area contributed by atoms with Crippen molar-refractivity contribution in [2.75, 3.05) is 6.54 Å². The third-order valence-corrected chi connectivity index (χ3v) is 5.06. The van der Waals surface area contributed by atoms with Crippen LogP contribution in [0.1, 0.15) is 17.1 Å². The lowest BCUT2D eigenvalue weighted by molar-refractivity contribution is 0.233. The monoisotopic (exact) mass is 327 g/mol. The minimum atomic E-state index is -0.0251. The molecule has 6 nitrogen and oxygen atoms in total. The zero-order chi connectivity index (χ0) is 15.8. The van der Waals surface area contributed by atoms with Gasteiger partial charge in [0.05, 0.1) is 22.7 Å². The second-order valence-electron chi connectivity index (χ2n) is 5.73. The molecule has 0 spiro atoms. The van der Waals surface area contributed by atoms with Crippen LogP contribution in [0.3, 0.4) is 0 Å². The van der Waals surface area contributed by atoms with E-state index in [9.17, 15) is 4.79 Å². The van der Waals surface area contributed by atoms with E-state index in [2.05, 4.69) is 19.9 Å². The van der Waals surface area contributed by atoms with Crippen molar-refractivity contribution in [1.29, 1.82) is 0 Å². The molecule has 118 valence electrons. The zero-order valence-corrected chi connectivity index (χ0v) is 13.6. The summed E-state index contributed by atoms with van der Waals surface area (Å²) in [4.78, 5) is 27.7. The molecule has 0 fully saturated rings. The fourth-order valence-corrected chi connectivity index (χ4v) is 3.56. The lowest BCUT2D eigenvalue weighted by atomic mass is 10.1. The first kappa shape index (κ1) is 14.3. The number of H-pyrrole nitrogens is 1. The van der Waals surface area contributed by atoms with E-state index in [-0.39, 0.29) is 5.56 Å². The van der Waals surface area contributed by atoms with Crippen molar-refractivity contribution in [3.8, 4) is 10.7 Å². The topological polar surface area (TPSA) is 66.8 Å². The average molecular weight is 327 g/mol. The van der Waals surface area contributed by atoms with Gasteiger partial charge in [0.1, 0.15) is 5.82 Å². The Kier molecular flexibility index (Phi) is 3.59. The van der Waals surface area contributed by atoms with Crippen LogP contribution in [0.25, 0.3) is 10.7 Å². The Morgan fingerprint density at radius 3 is 3.09 bits per heavy atom. The third kappa shape index (κ3) is 2.73. The quantitative estimate of drug-likeness (QED) is 0.796. The molecule has 0 radical (unpaired) electrons. The summed E-state index contributed by atoms with van der Waals surface area (Å²) in [5, 5.41) is 1.99. The number of nitrogens with zero attached hydrogens (tertiary/aromatic N) is 4. The van der Waals surface area contributed by atoms with Gasteiger partial charge in [0.15, 0.2) is 5.82 Å². The lowest BCUT2D eigenvalue weighted by Crippen LogP contribution is -2.36. The fraction of sp³-hybridized carbons (Fsp3) is 0.312. The molecule has 0 aromatic carbocycles. The number of fused-ring (bicyclic) bond motifs is 1. The summed E-state index contributed by atoms with van der Waals surface area (Å²) in [6, 6.07) is 3.94. The Bertz CT molecular complexity index is 880. The molecule has 0 bridgehead atoms. The van der Waals surface area contributed by atoms with E-state index < -0.39 is 0 Å². The van der Waals surface area contributed by atoms with Crippen LogP contribution in [0.15, 0.2) is 34.7 Å². The number of hydrogen-bond donors (Lipinski definition) is 1. The first-order valence-corrected chi connectivity index (χ1v) is 8.43. The summed E-state index contributed by atoms with van der Waals surface area (Å²) < 4.78 is 2.01. The maximum absolute atomic E-state index is 12.5. The maximum atomic E-state index is 12.5. The number of aromatic amines is 1. The second-order valence-corrected chi connectivity index (χ2v) is 6.68. The SMILES string of the molecule is Cn1ccnc1CN1CCc2nc(-c3cccs3)[nH]c(=O)c2C1. The third-order valence-electron chi connectivity index (χ3n) is 4.19. The molecule has 0 saturated heterocycles. The van der Waals surface area contributed by atoms with Gasteiger partial charge in [0, 0.05) is 39.0 Å². The molecule has 4 rings (SSSR count). The molecule has 0 atom stereocenters. The summed E-state index contributed by atoms with van der Waals surface area (Å²) >= 11 is 1.59. The largest absolute Gasteiger partial charge is 0.337 e. The predicted octanol–water partition coefficient (Wildman–Crippen LogP) is 1.79. The number of aryl methyl sites for hydroxylation is 1. The number of nitrogens with one attached hydrogen (secondary N) is 1. The van der Waals surface area contributed by atoms with E-state index in [1.807, 2.05) is 35.3 Å². The average Bonchev–Trinajstić information content (AvgIpc) is 3.20. The molecule has 1 N–H and O–H groups in total. The molecular weight excluding hydrogens is 310 g/mol. The van der Waals surface area contributed by atoms with Gasteiger partial charge >= 0.3 is 0 Å². The Hall–Kier alpha value is -2.25. The van der Waals surface area contributed by atoms with E-state index in [1.165, 1.54) is 0 Å². The van der Waals surface area contributed by atoms with Crippen LogP contribution in [0, 0.1) is 0 Å². The van der Waals surface area contributed by atoms with E-state index in [1.54, 1.807) is 17.5 Å². The van der Waals surface area contributed by atoms with Gasteiger partial charge in [-0.25, -0.2) is 9.97 Å². The first-order valence-electron chi connectivity index (χ1n) is 7.55. The van der Waals surface area contributed by atoms with Gasteiger partial charge in [-0.1, -0.05) is 6.07 Å². The molecule has 4 heterocycles. The molecule has 0 unspecified atom stereocenters. The highest BCUT2D eigenvalue weighted by Crippen LogP contribution is 2.22.